The lowest BCUT2D eigenvalue weighted by Gasteiger charge is -2.21. The Morgan fingerprint density at radius 2 is 2.11 bits per heavy atom. The number of methoxy groups -OCH3 is 1. The van der Waals surface area contributed by atoms with E-state index in [4.69, 9.17) is 4.74 Å². The predicted octanol–water partition coefficient (Wildman–Crippen LogP) is 3.15. The van der Waals surface area contributed by atoms with Crippen LogP contribution in [-0.4, -0.2) is 18.6 Å². The molecule has 1 aliphatic rings. The minimum absolute atomic E-state index is 0.681. The zero-order valence-corrected chi connectivity index (χ0v) is 11.3. The topological polar surface area (TPSA) is 34.1 Å². The van der Waals surface area contributed by atoms with E-state index in [2.05, 4.69) is 16.4 Å². The van der Waals surface area contributed by atoms with Crippen LogP contribution in [0.15, 0.2) is 18.3 Å². The largest absolute Gasteiger partial charge is 0.481 e. The van der Waals surface area contributed by atoms with Crippen molar-refractivity contribution in [2.75, 3.05) is 13.7 Å². The third-order valence-electron chi connectivity index (χ3n) is 3.79. The highest BCUT2D eigenvalue weighted by Crippen LogP contribution is 2.25. The maximum absolute atomic E-state index is 5.04. The molecular weight excluding hydrogens is 224 g/mol. The van der Waals surface area contributed by atoms with Crippen molar-refractivity contribution in [2.24, 2.45) is 5.92 Å². The molecule has 3 heteroatoms. The van der Waals surface area contributed by atoms with Crippen LogP contribution in [0.3, 0.4) is 0 Å². The first-order valence-corrected chi connectivity index (χ1v) is 7.08. The van der Waals surface area contributed by atoms with Crippen LogP contribution >= 0.6 is 0 Å². The van der Waals surface area contributed by atoms with E-state index in [0.29, 0.717) is 5.88 Å². The molecule has 0 saturated heterocycles. The van der Waals surface area contributed by atoms with Gasteiger partial charge < -0.3 is 10.1 Å². The van der Waals surface area contributed by atoms with Gasteiger partial charge in [-0.15, -0.1) is 0 Å². The van der Waals surface area contributed by atoms with E-state index in [1.54, 1.807) is 7.11 Å². The number of hydrogen-bond acceptors (Lipinski definition) is 3. The number of nitrogens with one attached hydrogen (secondary N) is 1. The second kappa shape index (κ2) is 7.37. The van der Waals surface area contributed by atoms with Gasteiger partial charge in [0.25, 0.3) is 0 Å². The number of ether oxygens (including phenoxy) is 1. The molecule has 1 saturated carbocycles. The molecule has 1 aromatic heterocycles. The van der Waals surface area contributed by atoms with Gasteiger partial charge in [-0.1, -0.05) is 38.2 Å². The van der Waals surface area contributed by atoms with Crippen LogP contribution in [0.1, 0.15) is 44.1 Å². The summed E-state index contributed by atoms with van der Waals surface area (Å²) in [5, 5.41) is 3.51. The molecule has 1 aromatic rings. The first-order valence-electron chi connectivity index (χ1n) is 7.08. The van der Waals surface area contributed by atoms with Crippen LogP contribution in [0.4, 0.5) is 0 Å². The van der Waals surface area contributed by atoms with Crippen molar-refractivity contribution >= 4 is 0 Å². The Kier molecular flexibility index (Phi) is 5.46. The highest BCUT2D eigenvalue weighted by atomic mass is 16.5. The van der Waals surface area contributed by atoms with Crippen molar-refractivity contribution in [1.29, 1.82) is 0 Å². The average molecular weight is 248 g/mol. The van der Waals surface area contributed by atoms with E-state index < -0.39 is 0 Å². The van der Waals surface area contributed by atoms with E-state index in [1.807, 2.05) is 12.3 Å². The molecule has 0 aliphatic heterocycles. The van der Waals surface area contributed by atoms with Crippen molar-refractivity contribution in [3.63, 3.8) is 0 Å². The lowest BCUT2D eigenvalue weighted by molar-refractivity contribution is 0.334. The number of hydrogen-bond donors (Lipinski definition) is 1. The Labute approximate surface area is 110 Å². The lowest BCUT2D eigenvalue weighted by Crippen LogP contribution is -2.19. The predicted molar refractivity (Wildman–Crippen MR) is 73.7 cm³/mol. The van der Waals surface area contributed by atoms with Gasteiger partial charge in [-0.2, -0.15) is 0 Å². The van der Waals surface area contributed by atoms with Gasteiger partial charge in [0.15, 0.2) is 0 Å². The zero-order valence-electron chi connectivity index (χ0n) is 11.3. The first kappa shape index (κ1) is 13.3. The summed E-state index contributed by atoms with van der Waals surface area (Å²) >= 11 is 0. The molecule has 0 unspecified atom stereocenters. The molecule has 2 rings (SSSR count). The van der Waals surface area contributed by atoms with E-state index >= 15 is 0 Å². The van der Waals surface area contributed by atoms with Gasteiger partial charge in [0, 0.05) is 18.8 Å². The van der Waals surface area contributed by atoms with Crippen molar-refractivity contribution < 1.29 is 4.74 Å². The Hall–Kier alpha value is -1.09. The third-order valence-corrected chi connectivity index (χ3v) is 3.79. The van der Waals surface area contributed by atoms with Crippen molar-refractivity contribution in [3.05, 3.63) is 23.9 Å². The molecule has 1 fully saturated rings. The lowest BCUT2D eigenvalue weighted by atomic mass is 9.87. The molecule has 0 amide bonds. The second-order valence-corrected chi connectivity index (χ2v) is 5.18. The van der Waals surface area contributed by atoms with E-state index in [9.17, 15) is 0 Å². The Balaban J connectivity index is 1.62. The van der Waals surface area contributed by atoms with E-state index in [0.717, 1.165) is 19.0 Å². The van der Waals surface area contributed by atoms with Gasteiger partial charge >= 0.3 is 0 Å². The zero-order chi connectivity index (χ0) is 12.6. The number of pyridine rings is 1. The Bertz CT molecular complexity index is 331. The Morgan fingerprint density at radius 1 is 1.28 bits per heavy atom. The number of aromatic nitrogens is 1. The molecular formula is C15H24N2O. The SMILES string of the molecule is COc1ccc(CNCCC2CCCCC2)cn1. The molecule has 1 aliphatic carbocycles. The molecule has 0 spiro atoms. The molecule has 100 valence electrons. The molecule has 3 nitrogen and oxygen atoms in total. The highest BCUT2D eigenvalue weighted by molar-refractivity contribution is 5.17. The second-order valence-electron chi connectivity index (χ2n) is 5.18. The van der Waals surface area contributed by atoms with E-state index in [-0.39, 0.29) is 0 Å². The van der Waals surface area contributed by atoms with Crippen molar-refractivity contribution in [2.45, 2.75) is 45.1 Å². The van der Waals surface area contributed by atoms with Gasteiger partial charge in [-0.3, -0.25) is 0 Å². The summed E-state index contributed by atoms with van der Waals surface area (Å²) in [6, 6.07) is 3.98. The fourth-order valence-corrected chi connectivity index (χ4v) is 2.65. The van der Waals surface area contributed by atoms with Crippen LogP contribution in [-0.2, 0) is 6.54 Å². The summed E-state index contributed by atoms with van der Waals surface area (Å²) in [7, 11) is 1.64. The molecule has 0 atom stereocenters. The van der Waals surface area contributed by atoms with Crippen LogP contribution in [0.2, 0.25) is 0 Å². The third kappa shape index (κ3) is 4.30. The summed E-state index contributed by atoms with van der Waals surface area (Å²) in [5.74, 6) is 1.64. The average Bonchev–Trinajstić information content (AvgIpc) is 2.45. The molecule has 0 aromatic carbocycles. The maximum Gasteiger partial charge on any atom is 0.212 e. The quantitative estimate of drug-likeness (QED) is 0.785. The Morgan fingerprint density at radius 3 is 2.78 bits per heavy atom. The van der Waals surface area contributed by atoms with E-state index in [1.165, 1.54) is 44.1 Å². The van der Waals surface area contributed by atoms with Gasteiger partial charge in [-0.25, -0.2) is 4.98 Å². The van der Waals surface area contributed by atoms with Gasteiger partial charge in [0.2, 0.25) is 5.88 Å². The summed E-state index contributed by atoms with van der Waals surface area (Å²) in [5.41, 5.74) is 1.22. The molecule has 0 bridgehead atoms. The molecule has 1 N–H and O–H groups in total. The van der Waals surface area contributed by atoms with Crippen LogP contribution in [0.25, 0.3) is 0 Å². The van der Waals surface area contributed by atoms with Gasteiger partial charge in [0.05, 0.1) is 7.11 Å². The molecule has 1 heterocycles. The van der Waals surface area contributed by atoms with Crippen molar-refractivity contribution in [3.8, 4) is 5.88 Å². The fourth-order valence-electron chi connectivity index (χ4n) is 2.65. The first-order chi connectivity index (χ1) is 8.88. The molecule has 0 radical (unpaired) electrons. The monoisotopic (exact) mass is 248 g/mol. The van der Waals surface area contributed by atoms with Crippen LogP contribution in [0.5, 0.6) is 5.88 Å². The summed E-state index contributed by atoms with van der Waals surface area (Å²) in [6.07, 6.45) is 10.4. The maximum atomic E-state index is 5.04. The minimum Gasteiger partial charge on any atom is -0.481 e. The highest BCUT2D eigenvalue weighted by Gasteiger charge is 2.12. The number of rotatable bonds is 6. The minimum atomic E-state index is 0.681. The summed E-state index contributed by atoms with van der Waals surface area (Å²) in [6.45, 7) is 2.03. The summed E-state index contributed by atoms with van der Waals surface area (Å²) < 4.78 is 5.04. The van der Waals surface area contributed by atoms with Crippen molar-refractivity contribution in [1.82, 2.24) is 10.3 Å². The summed E-state index contributed by atoms with van der Waals surface area (Å²) in [4.78, 5) is 4.20. The van der Waals surface area contributed by atoms with Gasteiger partial charge in [-0.05, 0) is 24.4 Å². The molecule has 18 heavy (non-hydrogen) atoms. The standard InChI is InChI=1S/C15H24N2O/c1-18-15-8-7-14(12-17-15)11-16-10-9-13-5-3-2-4-6-13/h7-8,12-13,16H,2-6,9-11H2,1H3. The number of nitrogens with zero attached hydrogens (tertiary/aromatic N) is 1. The van der Waals surface area contributed by atoms with Crippen LogP contribution in [0, 0.1) is 5.92 Å². The van der Waals surface area contributed by atoms with Gasteiger partial charge in [0.1, 0.15) is 0 Å². The normalized spacial score (nSPS) is 16.7. The van der Waals surface area contributed by atoms with Crippen LogP contribution < -0.4 is 10.1 Å². The smallest absolute Gasteiger partial charge is 0.212 e. The fraction of sp³-hybridized carbons (Fsp3) is 0.667.